The molecule has 0 aliphatic heterocycles. The van der Waals surface area contributed by atoms with Gasteiger partial charge >= 0.3 is 0 Å². The van der Waals surface area contributed by atoms with E-state index in [1.165, 1.54) is 11.8 Å². The number of nitrogens with zero attached hydrogens (tertiary/aromatic N) is 1. The molecule has 0 bridgehead atoms. The van der Waals surface area contributed by atoms with Gasteiger partial charge in [0.1, 0.15) is 6.04 Å². The van der Waals surface area contributed by atoms with Crippen LogP contribution in [0.3, 0.4) is 0 Å². The Hall–Kier alpha value is -2.47. The third-order valence-corrected chi connectivity index (χ3v) is 6.76. The molecule has 0 aliphatic rings. The molecule has 4 nitrogen and oxygen atoms in total. The summed E-state index contributed by atoms with van der Waals surface area (Å²) in [5, 5.41) is 3.89. The molecular weight excluding hydrogens is 475 g/mol. The van der Waals surface area contributed by atoms with Crippen LogP contribution >= 0.6 is 35.0 Å². The molecule has 0 aromatic heterocycles. The maximum absolute atomic E-state index is 13.4. The number of rotatable bonds is 10. The lowest BCUT2D eigenvalue weighted by atomic mass is 10.0. The molecule has 2 amide bonds. The molecule has 1 N–H and O–H groups in total. The summed E-state index contributed by atoms with van der Waals surface area (Å²) in [6.07, 6.45) is 0.437. The fourth-order valence-electron chi connectivity index (χ4n) is 3.47. The summed E-state index contributed by atoms with van der Waals surface area (Å²) >= 11 is 13.7. The zero-order valence-electron chi connectivity index (χ0n) is 18.3. The van der Waals surface area contributed by atoms with Crippen molar-refractivity contribution in [1.29, 1.82) is 0 Å². The molecule has 0 aliphatic carbocycles. The van der Waals surface area contributed by atoms with E-state index < -0.39 is 6.04 Å². The second-order valence-electron chi connectivity index (χ2n) is 7.56. The predicted molar refractivity (Wildman–Crippen MR) is 138 cm³/mol. The summed E-state index contributed by atoms with van der Waals surface area (Å²) in [6.45, 7) is 0.354. The minimum Gasteiger partial charge on any atom is -0.357 e. The van der Waals surface area contributed by atoms with E-state index in [-0.39, 0.29) is 17.6 Å². The highest BCUT2D eigenvalue weighted by Crippen LogP contribution is 2.25. The number of hydrogen-bond donors (Lipinski definition) is 1. The van der Waals surface area contributed by atoms with Gasteiger partial charge in [0.25, 0.3) is 0 Å². The number of hydrogen-bond acceptors (Lipinski definition) is 3. The number of thioether (sulfide) groups is 1. The van der Waals surface area contributed by atoms with Crippen LogP contribution in [0, 0.1) is 0 Å². The molecule has 3 rings (SSSR count). The van der Waals surface area contributed by atoms with Crippen molar-refractivity contribution < 1.29 is 9.59 Å². The Morgan fingerprint density at radius 2 is 1.58 bits per heavy atom. The third kappa shape index (κ3) is 7.53. The molecule has 0 spiro atoms. The van der Waals surface area contributed by atoms with Gasteiger partial charge in [0.05, 0.1) is 5.75 Å². The van der Waals surface area contributed by atoms with E-state index in [1.807, 2.05) is 66.7 Å². The third-order valence-electron chi connectivity index (χ3n) is 5.21. The van der Waals surface area contributed by atoms with E-state index in [9.17, 15) is 9.59 Å². The molecule has 1 atom stereocenters. The van der Waals surface area contributed by atoms with Gasteiger partial charge in [-0.2, -0.15) is 0 Å². The first-order valence-corrected chi connectivity index (χ1v) is 12.5. The van der Waals surface area contributed by atoms with Gasteiger partial charge in [0, 0.05) is 35.8 Å². The molecule has 0 radical (unpaired) electrons. The minimum absolute atomic E-state index is 0.0986. The number of amides is 2. The van der Waals surface area contributed by atoms with Crippen molar-refractivity contribution in [3.05, 3.63) is 106 Å². The van der Waals surface area contributed by atoms with Crippen LogP contribution in [0.15, 0.2) is 78.9 Å². The first-order chi connectivity index (χ1) is 16.0. The molecule has 0 heterocycles. The summed E-state index contributed by atoms with van der Waals surface area (Å²) < 4.78 is 0. The maximum atomic E-state index is 13.4. The molecule has 33 heavy (non-hydrogen) atoms. The Balaban J connectivity index is 1.78. The average molecular weight is 501 g/mol. The second kappa shape index (κ2) is 12.7. The number of carbonyl (C=O) groups is 2. The van der Waals surface area contributed by atoms with Crippen molar-refractivity contribution in [2.45, 2.75) is 24.8 Å². The Morgan fingerprint density at radius 1 is 0.939 bits per heavy atom. The molecule has 0 fully saturated rings. The lowest BCUT2D eigenvalue weighted by Crippen LogP contribution is -2.50. The summed E-state index contributed by atoms with van der Waals surface area (Å²) in [6, 6.07) is 24.2. The SMILES string of the molecule is CNC(=O)C(Cc1ccccc1)N(Cc1ccccc1)C(=O)CSCc1ccc(Cl)cc1Cl. The van der Waals surface area contributed by atoms with Crippen LogP contribution in [-0.2, 0) is 28.3 Å². The van der Waals surface area contributed by atoms with Gasteiger partial charge in [-0.3, -0.25) is 9.59 Å². The Morgan fingerprint density at radius 3 is 2.18 bits per heavy atom. The second-order valence-corrected chi connectivity index (χ2v) is 9.38. The van der Waals surface area contributed by atoms with Crippen molar-refractivity contribution in [2.24, 2.45) is 0 Å². The van der Waals surface area contributed by atoms with Gasteiger partial charge < -0.3 is 10.2 Å². The van der Waals surface area contributed by atoms with Gasteiger partial charge in [-0.25, -0.2) is 0 Å². The van der Waals surface area contributed by atoms with Gasteiger partial charge in [0.15, 0.2) is 0 Å². The van der Waals surface area contributed by atoms with Crippen LogP contribution < -0.4 is 5.32 Å². The van der Waals surface area contributed by atoms with E-state index in [4.69, 9.17) is 23.2 Å². The minimum atomic E-state index is -0.621. The number of nitrogens with one attached hydrogen (secondary N) is 1. The standard InChI is InChI=1S/C26H26Cl2N2O2S/c1-29-26(32)24(14-19-8-4-2-5-9-19)30(16-20-10-6-3-7-11-20)25(31)18-33-17-21-12-13-22(27)15-23(21)28/h2-13,15,24H,14,16-18H2,1H3,(H,29,32). The topological polar surface area (TPSA) is 49.4 Å². The van der Waals surface area contributed by atoms with Gasteiger partial charge in [-0.1, -0.05) is 89.9 Å². The van der Waals surface area contributed by atoms with Crippen molar-refractivity contribution >= 4 is 46.8 Å². The van der Waals surface area contributed by atoms with E-state index in [0.717, 1.165) is 16.7 Å². The fraction of sp³-hybridized carbons (Fsp3) is 0.231. The van der Waals surface area contributed by atoms with Gasteiger partial charge in [-0.05, 0) is 28.8 Å². The zero-order valence-corrected chi connectivity index (χ0v) is 20.7. The van der Waals surface area contributed by atoms with Gasteiger partial charge in [-0.15, -0.1) is 11.8 Å². The van der Waals surface area contributed by atoms with E-state index in [2.05, 4.69) is 5.32 Å². The highest BCUT2D eigenvalue weighted by atomic mass is 35.5. The Bertz CT molecular complexity index is 1060. The molecule has 0 saturated carbocycles. The smallest absolute Gasteiger partial charge is 0.242 e. The summed E-state index contributed by atoms with van der Waals surface area (Å²) in [5.41, 5.74) is 2.89. The zero-order chi connectivity index (χ0) is 23.6. The van der Waals surface area contributed by atoms with Gasteiger partial charge in [0.2, 0.25) is 11.8 Å². The van der Waals surface area contributed by atoms with Crippen LogP contribution in [0.4, 0.5) is 0 Å². The molecular formula is C26H26Cl2N2O2S. The lowest BCUT2D eigenvalue weighted by molar-refractivity contribution is -0.139. The number of carbonyl (C=O) groups excluding carboxylic acids is 2. The van der Waals surface area contributed by atoms with Crippen LogP contribution in [-0.4, -0.2) is 35.6 Å². The van der Waals surface area contributed by atoms with Crippen molar-refractivity contribution in [2.75, 3.05) is 12.8 Å². The molecule has 3 aromatic carbocycles. The quantitative estimate of drug-likeness (QED) is 0.393. The van der Waals surface area contributed by atoms with Crippen molar-refractivity contribution in [1.82, 2.24) is 10.2 Å². The average Bonchev–Trinajstić information content (AvgIpc) is 2.83. The highest BCUT2D eigenvalue weighted by Gasteiger charge is 2.29. The Kier molecular flexibility index (Phi) is 9.67. The van der Waals surface area contributed by atoms with Crippen LogP contribution in [0.25, 0.3) is 0 Å². The van der Waals surface area contributed by atoms with Crippen LogP contribution in [0.5, 0.6) is 0 Å². The molecule has 7 heteroatoms. The molecule has 3 aromatic rings. The first kappa shape index (κ1) is 25.2. The first-order valence-electron chi connectivity index (χ1n) is 10.6. The maximum Gasteiger partial charge on any atom is 0.242 e. The highest BCUT2D eigenvalue weighted by molar-refractivity contribution is 7.99. The molecule has 0 saturated heterocycles. The van der Waals surface area contributed by atoms with Crippen molar-refractivity contribution in [3.8, 4) is 0 Å². The summed E-state index contributed by atoms with van der Waals surface area (Å²) in [5.74, 6) is 0.519. The predicted octanol–water partition coefficient (Wildman–Crippen LogP) is 5.61. The normalized spacial score (nSPS) is 11.6. The van der Waals surface area contributed by atoms with E-state index in [0.29, 0.717) is 28.8 Å². The molecule has 172 valence electrons. The fourth-order valence-corrected chi connectivity index (χ4v) is 4.94. The number of likely N-dealkylation sites (N-methyl/N-ethyl adjacent to an activating group) is 1. The molecule has 1 unspecified atom stereocenters. The van der Waals surface area contributed by atoms with Crippen LogP contribution in [0.2, 0.25) is 10.0 Å². The summed E-state index contributed by atoms with van der Waals surface area (Å²) in [4.78, 5) is 28.0. The monoisotopic (exact) mass is 500 g/mol. The van der Waals surface area contributed by atoms with Crippen LogP contribution in [0.1, 0.15) is 16.7 Å². The van der Waals surface area contributed by atoms with E-state index in [1.54, 1.807) is 24.1 Å². The number of benzene rings is 3. The summed E-state index contributed by atoms with van der Waals surface area (Å²) in [7, 11) is 1.60. The van der Waals surface area contributed by atoms with E-state index >= 15 is 0 Å². The lowest BCUT2D eigenvalue weighted by Gasteiger charge is -2.31. The van der Waals surface area contributed by atoms with Crippen molar-refractivity contribution in [3.63, 3.8) is 0 Å². The largest absolute Gasteiger partial charge is 0.357 e. The Labute approximate surface area is 209 Å². The number of halogens is 2.